The number of nitrogens with one attached hydrogen (secondary N) is 2. The molecule has 4 aliphatic rings. The lowest BCUT2D eigenvalue weighted by atomic mass is 9.85. The van der Waals surface area contributed by atoms with Crippen LogP contribution in [0.15, 0.2) is 11.6 Å². The van der Waals surface area contributed by atoms with Crippen molar-refractivity contribution in [3.63, 3.8) is 0 Å². The number of allylic oxidation sites excluding steroid dienone is 2. The van der Waals surface area contributed by atoms with Crippen LogP contribution in [0.25, 0.3) is 0 Å². The number of aliphatic hydroxyl groups is 1. The Balaban J connectivity index is 1.12. The maximum Gasteiger partial charge on any atom is 0.303 e. The number of Topliss-reactive ketones (excluding diaryl/α,β-unsaturated/α-hetero) is 1. The highest BCUT2D eigenvalue weighted by molar-refractivity contribution is 5.86. The van der Waals surface area contributed by atoms with Crippen LogP contribution < -0.4 is 10.6 Å². The third kappa shape index (κ3) is 14.0. The number of amides is 2. The lowest BCUT2D eigenvalue weighted by Gasteiger charge is -2.48. The quantitative estimate of drug-likeness (QED) is 0.0695. The topological polar surface area (TPSA) is 173 Å². The first kappa shape index (κ1) is 43.3. The summed E-state index contributed by atoms with van der Waals surface area (Å²) in [7, 11) is 0. The monoisotopic (exact) mass is 748 g/mol. The minimum atomic E-state index is -1.03. The second-order valence-electron chi connectivity index (χ2n) is 16.8. The number of ketones is 1. The maximum absolute atomic E-state index is 12.9. The van der Waals surface area contributed by atoms with Gasteiger partial charge in [0.25, 0.3) is 0 Å². The number of carboxylic acid groups (broad SMARTS) is 1. The summed E-state index contributed by atoms with van der Waals surface area (Å²) < 4.78 is 24.8. The average Bonchev–Trinajstić information content (AvgIpc) is 3.86. The zero-order valence-corrected chi connectivity index (χ0v) is 33.1. The van der Waals surface area contributed by atoms with E-state index in [-0.39, 0.29) is 79.5 Å². The molecule has 4 saturated heterocycles. The van der Waals surface area contributed by atoms with Crippen molar-refractivity contribution in [1.82, 2.24) is 10.6 Å². The van der Waals surface area contributed by atoms with Crippen LogP contribution in [-0.2, 0) is 38.1 Å². The molecule has 4 fully saturated rings. The number of epoxide rings is 1. The van der Waals surface area contributed by atoms with E-state index in [0.717, 1.165) is 76.2 Å². The van der Waals surface area contributed by atoms with Crippen LogP contribution in [0.4, 0.5) is 0 Å². The Morgan fingerprint density at radius 3 is 2.32 bits per heavy atom. The predicted molar refractivity (Wildman–Crippen MR) is 200 cm³/mol. The van der Waals surface area contributed by atoms with Gasteiger partial charge in [0, 0.05) is 38.8 Å². The van der Waals surface area contributed by atoms with Crippen molar-refractivity contribution < 1.29 is 48.3 Å². The Bertz CT molecular complexity index is 1260. The molecule has 12 heteroatoms. The molecule has 0 bridgehead atoms. The Labute approximate surface area is 316 Å². The molecule has 0 aliphatic carbocycles. The van der Waals surface area contributed by atoms with Crippen molar-refractivity contribution in [3.8, 4) is 0 Å². The van der Waals surface area contributed by atoms with E-state index in [1.165, 1.54) is 0 Å². The van der Waals surface area contributed by atoms with Crippen LogP contribution in [0.2, 0.25) is 0 Å². The molecule has 12 nitrogen and oxygen atoms in total. The minimum Gasteiger partial charge on any atom is -0.481 e. The molecule has 12 unspecified atom stereocenters. The molecule has 4 heterocycles. The van der Waals surface area contributed by atoms with Crippen LogP contribution in [0.5, 0.6) is 0 Å². The molecule has 4 N–H and O–H groups in total. The van der Waals surface area contributed by atoms with Gasteiger partial charge in [0.1, 0.15) is 6.10 Å². The second kappa shape index (κ2) is 20.5. The van der Waals surface area contributed by atoms with Gasteiger partial charge in [-0.15, -0.1) is 0 Å². The lowest BCUT2D eigenvalue weighted by molar-refractivity contribution is -0.324. The standard InChI is InChI=1S/C41H68N2O10/c1-25(21-26(2)12-16-38(47)48)11-14-31-9-7-18-41(52-31)19-17-28(4)35(53-41)10-8-20-42-40(49)29(5)34(45)24-43-37(46)23-36-27(3)13-15-32(51-36)22-33(44)39-30(6)50-39/h21,25,27-32,34-36,39,45H,7-20,22-24H2,1-6H3,(H,42,49)(H,43,46)(H,47,48)/b26-21+. The van der Waals surface area contributed by atoms with Gasteiger partial charge in [-0.25, -0.2) is 0 Å². The Kier molecular flexibility index (Phi) is 16.8. The molecular formula is C41H68N2O10. The van der Waals surface area contributed by atoms with E-state index in [0.29, 0.717) is 31.2 Å². The number of carbonyl (C=O) groups is 4. The van der Waals surface area contributed by atoms with Gasteiger partial charge in [-0.1, -0.05) is 39.3 Å². The van der Waals surface area contributed by atoms with Gasteiger partial charge in [0.05, 0.1) is 49.0 Å². The number of carboxylic acids is 1. The van der Waals surface area contributed by atoms with Crippen molar-refractivity contribution in [2.75, 3.05) is 13.1 Å². The van der Waals surface area contributed by atoms with E-state index in [2.05, 4.69) is 30.6 Å². The van der Waals surface area contributed by atoms with Gasteiger partial charge < -0.3 is 39.8 Å². The highest BCUT2D eigenvalue weighted by Crippen LogP contribution is 2.43. The molecule has 1 spiro atoms. The minimum absolute atomic E-state index is 0.0216. The molecule has 302 valence electrons. The van der Waals surface area contributed by atoms with Crippen LogP contribution in [0.1, 0.15) is 138 Å². The first-order valence-corrected chi connectivity index (χ1v) is 20.5. The molecule has 0 aromatic carbocycles. The van der Waals surface area contributed by atoms with E-state index in [1.54, 1.807) is 6.92 Å². The smallest absolute Gasteiger partial charge is 0.303 e. The summed E-state index contributed by atoms with van der Waals surface area (Å²) in [4.78, 5) is 48.9. The van der Waals surface area contributed by atoms with Crippen molar-refractivity contribution in [3.05, 3.63) is 11.6 Å². The largest absolute Gasteiger partial charge is 0.481 e. The molecule has 53 heavy (non-hydrogen) atoms. The number of hydrogen-bond acceptors (Lipinski definition) is 9. The molecule has 0 radical (unpaired) electrons. The molecule has 2 amide bonds. The summed E-state index contributed by atoms with van der Waals surface area (Å²) in [6.45, 7) is 12.4. The van der Waals surface area contributed by atoms with E-state index in [9.17, 15) is 24.3 Å². The van der Waals surface area contributed by atoms with Crippen molar-refractivity contribution >= 4 is 23.6 Å². The van der Waals surface area contributed by atoms with Crippen molar-refractivity contribution in [2.24, 2.45) is 23.7 Å². The van der Waals surface area contributed by atoms with E-state index < -0.39 is 23.8 Å². The van der Waals surface area contributed by atoms with Crippen LogP contribution in [-0.4, -0.2) is 95.4 Å². The number of aliphatic hydroxyl groups excluding tert-OH is 1. The Hall–Kier alpha value is -2.38. The number of rotatable bonds is 20. The molecule has 4 aliphatic heterocycles. The summed E-state index contributed by atoms with van der Waals surface area (Å²) in [5.41, 5.74) is 1.12. The first-order chi connectivity index (χ1) is 25.1. The molecular weight excluding hydrogens is 680 g/mol. The van der Waals surface area contributed by atoms with Gasteiger partial charge in [-0.3, -0.25) is 19.2 Å². The normalized spacial score (nSPS) is 33.5. The number of hydrogen-bond donors (Lipinski definition) is 4. The second-order valence-corrected chi connectivity index (χ2v) is 16.8. The van der Waals surface area contributed by atoms with Crippen molar-refractivity contribution in [2.45, 2.75) is 186 Å². The fraction of sp³-hybridized carbons (Fsp3) is 0.854. The highest BCUT2D eigenvalue weighted by atomic mass is 16.7. The Morgan fingerprint density at radius 2 is 1.60 bits per heavy atom. The summed E-state index contributed by atoms with van der Waals surface area (Å²) in [6, 6.07) is 0. The Morgan fingerprint density at radius 1 is 0.868 bits per heavy atom. The van der Waals surface area contributed by atoms with Gasteiger partial charge in [-0.05, 0) is 95.8 Å². The number of ether oxygens (including phenoxy) is 4. The summed E-state index contributed by atoms with van der Waals surface area (Å²) in [6.07, 6.45) is 11.7. The van der Waals surface area contributed by atoms with Gasteiger partial charge >= 0.3 is 5.97 Å². The molecule has 0 aromatic heterocycles. The average molecular weight is 749 g/mol. The molecule has 12 atom stereocenters. The SMILES string of the molecule is C/C(=C\C(C)CCC1CCCC2(CCC(C)C(CCCNC(=O)C(C)C(O)CNC(=O)CC3OC(CC(=O)C4OC4C)CCC3C)O2)O1)CCC(=O)O. The van der Waals surface area contributed by atoms with Crippen molar-refractivity contribution in [1.29, 1.82) is 0 Å². The summed E-state index contributed by atoms with van der Waals surface area (Å²) in [5.74, 6) is -1.54. The van der Waals surface area contributed by atoms with Gasteiger partial charge in [0.15, 0.2) is 11.6 Å². The third-order valence-corrected chi connectivity index (χ3v) is 11.9. The number of carbonyl (C=O) groups excluding carboxylic acids is 3. The van der Waals surface area contributed by atoms with Gasteiger partial charge in [-0.2, -0.15) is 0 Å². The molecule has 0 saturated carbocycles. The van der Waals surface area contributed by atoms with Crippen LogP contribution in [0, 0.1) is 23.7 Å². The summed E-state index contributed by atoms with van der Waals surface area (Å²) in [5, 5.41) is 25.4. The van der Waals surface area contributed by atoms with Gasteiger partial charge in [0.2, 0.25) is 11.8 Å². The third-order valence-electron chi connectivity index (χ3n) is 11.9. The van der Waals surface area contributed by atoms with E-state index in [1.807, 2.05) is 20.8 Å². The summed E-state index contributed by atoms with van der Waals surface area (Å²) >= 11 is 0. The molecule has 0 aromatic rings. The van der Waals surface area contributed by atoms with Crippen LogP contribution >= 0.6 is 0 Å². The molecule has 4 rings (SSSR count). The first-order valence-electron chi connectivity index (χ1n) is 20.5. The zero-order chi connectivity index (χ0) is 38.7. The predicted octanol–water partition coefficient (Wildman–Crippen LogP) is 5.62. The zero-order valence-electron chi connectivity index (χ0n) is 33.1. The lowest BCUT2D eigenvalue weighted by Crippen LogP contribution is -2.50. The maximum atomic E-state index is 12.9. The van der Waals surface area contributed by atoms with Crippen LogP contribution in [0.3, 0.4) is 0 Å². The number of aliphatic carboxylic acids is 1. The highest BCUT2D eigenvalue weighted by Gasteiger charge is 2.45. The fourth-order valence-corrected chi connectivity index (χ4v) is 8.18. The van der Waals surface area contributed by atoms with E-state index >= 15 is 0 Å². The van der Waals surface area contributed by atoms with E-state index in [4.69, 9.17) is 24.1 Å². The fourth-order valence-electron chi connectivity index (χ4n) is 8.18.